The molecular formula is C20H18FNO4. The zero-order valence-corrected chi connectivity index (χ0v) is 14.5. The van der Waals surface area contributed by atoms with Crippen molar-refractivity contribution in [3.05, 3.63) is 65.1 Å². The molecule has 0 atom stereocenters. The summed E-state index contributed by atoms with van der Waals surface area (Å²) in [7, 11) is 1.56. The molecule has 1 heterocycles. The number of esters is 1. The lowest BCUT2D eigenvalue weighted by Crippen LogP contribution is -2.07. The Hall–Kier alpha value is -3.15. The number of methoxy groups -OCH3 is 1. The Labute approximate surface area is 150 Å². The van der Waals surface area contributed by atoms with Crippen LogP contribution in [-0.2, 0) is 9.53 Å². The predicted molar refractivity (Wildman–Crippen MR) is 95.8 cm³/mol. The first kappa shape index (κ1) is 17.7. The van der Waals surface area contributed by atoms with Gasteiger partial charge >= 0.3 is 5.97 Å². The Morgan fingerprint density at radius 2 is 2.00 bits per heavy atom. The van der Waals surface area contributed by atoms with Crippen LogP contribution in [0.3, 0.4) is 0 Å². The van der Waals surface area contributed by atoms with Crippen molar-refractivity contribution in [2.75, 3.05) is 13.7 Å². The molecule has 1 aliphatic rings. The average Bonchev–Trinajstić information content (AvgIpc) is 3.00. The number of aliphatic imine (C=N–C) groups is 1. The van der Waals surface area contributed by atoms with Crippen molar-refractivity contribution in [1.29, 1.82) is 0 Å². The lowest BCUT2D eigenvalue weighted by Gasteiger charge is -2.10. The third-order valence-electron chi connectivity index (χ3n) is 3.68. The van der Waals surface area contributed by atoms with E-state index in [2.05, 4.69) is 4.99 Å². The molecule has 0 spiro atoms. The molecule has 0 aliphatic carbocycles. The predicted octanol–water partition coefficient (Wildman–Crippen LogP) is 3.97. The van der Waals surface area contributed by atoms with Crippen LogP contribution in [0.2, 0.25) is 0 Å². The van der Waals surface area contributed by atoms with Gasteiger partial charge < -0.3 is 14.2 Å². The van der Waals surface area contributed by atoms with E-state index in [0.29, 0.717) is 23.7 Å². The van der Waals surface area contributed by atoms with Gasteiger partial charge in [0.25, 0.3) is 0 Å². The SMILES string of the molecule is CCCOc1cc(/C=C2\N=C(c3ccccc3F)OC2=O)ccc1OC. The van der Waals surface area contributed by atoms with Gasteiger partial charge in [-0.25, -0.2) is 14.2 Å². The number of ether oxygens (including phenoxy) is 3. The molecule has 1 aliphatic heterocycles. The van der Waals surface area contributed by atoms with E-state index in [9.17, 15) is 9.18 Å². The fourth-order valence-electron chi connectivity index (χ4n) is 2.42. The third-order valence-corrected chi connectivity index (χ3v) is 3.68. The molecule has 0 amide bonds. The van der Waals surface area contributed by atoms with Crippen LogP contribution in [0.5, 0.6) is 11.5 Å². The largest absolute Gasteiger partial charge is 0.493 e. The minimum absolute atomic E-state index is 0.0460. The highest BCUT2D eigenvalue weighted by molar-refractivity contribution is 6.12. The van der Waals surface area contributed by atoms with Gasteiger partial charge in [0.05, 0.1) is 19.3 Å². The molecule has 3 rings (SSSR count). The monoisotopic (exact) mass is 355 g/mol. The van der Waals surface area contributed by atoms with E-state index in [4.69, 9.17) is 14.2 Å². The number of cyclic esters (lactones) is 1. The lowest BCUT2D eigenvalue weighted by atomic mass is 10.1. The van der Waals surface area contributed by atoms with Gasteiger partial charge in [-0.3, -0.25) is 0 Å². The molecule has 0 aromatic heterocycles. The number of halogens is 1. The second-order valence-electron chi connectivity index (χ2n) is 5.57. The zero-order chi connectivity index (χ0) is 18.5. The van der Waals surface area contributed by atoms with Crippen molar-refractivity contribution in [3.63, 3.8) is 0 Å². The van der Waals surface area contributed by atoms with E-state index < -0.39 is 11.8 Å². The molecule has 134 valence electrons. The van der Waals surface area contributed by atoms with E-state index in [-0.39, 0.29) is 17.2 Å². The summed E-state index contributed by atoms with van der Waals surface area (Å²) in [6.07, 6.45) is 2.42. The van der Waals surface area contributed by atoms with Crippen LogP contribution in [-0.4, -0.2) is 25.6 Å². The molecule has 26 heavy (non-hydrogen) atoms. The average molecular weight is 355 g/mol. The van der Waals surface area contributed by atoms with Crippen LogP contribution in [0, 0.1) is 5.82 Å². The number of carbonyl (C=O) groups is 1. The fraction of sp³-hybridized carbons (Fsp3) is 0.200. The first-order valence-electron chi connectivity index (χ1n) is 8.20. The van der Waals surface area contributed by atoms with Gasteiger partial charge in [0.15, 0.2) is 17.2 Å². The third kappa shape index (κ3) is 3.74. The molecular weight excluding hydrogens is 337 g/mol. The number of carbonyl (C=O) groups excluding carboxylic acids is 1. The van der Waals surface area contributed by atoms with E-state index in [1.807, 2.05) is 6.92 Å². The summed E-state index contributed by atoms with van der Waals surface area (Å²) in [5, 5.41) is 0. The number of rotatable bonds is 6. The Balaban J connectivity index is 1.92. The molecule has 0 saturated carbocycles. The maximum atomic E-state index is 13.9. The van der Waals surface area contributed by atoms with E-state index >= 15 is 0 Å². The van der Waals surface area contributed by atoms with Crippen LogP contribution in [0.25, 0.3) is 6.08 Å². The topological polar surface area (TPSA) is 57.1 Å². The molecule has 2 aromatic rings. The van der Waals surface area contributed by atoms with Crippen LogP contribution in [0.1, 0.15) is 24.5 Å². The van der Waals surface area contributed by atoms with Crippen LogP contribution in [0.15, 0.2) is 53.2 Å². The summed E-state index contributed by atoms with van der Waals surface area (Å²) < 4.78 is 29.9. The van der Waals surface area contributed by atoms with Crippen molar-refractivity contribution >= 4 is 17.9 Å². The Morgan fingerprint density at radius 3 is 2.73 bits per heavy atom. The van der Waals surface area contributed by atoms with E-state index in [0.717, 1.165) is 6.42 Å². The summed E-state index contributed by atoms with van der Waals surface area (Å²) in [5.41, 5.74) is 0.934. The molecule has 0 radical (unpaired) electrons. The molecule has 0 N–H and O–H groups in total. The van der Waals surface area contributed by atoms with Gasteiger partial charge in [0.1, 0.15) is 5.82 Å². The standard InChI is InChI=1S/C20H18FNO4/c1-3-10-25-18-12-13(8-9-17(18)24-2)11-16-20(23)26-19(22-16)14-6-4-5-7-15(14)21/h4-9,11-12H,3,10H2,1-2H3/b16-11-. The van der Waals surface area contributed by atoms with Gasteiger partial charge in [-0.15, -0.1) is 0 Å². The van der Waals surface area contributed by atoms with Crippen molar-refractivity contribution < 1.29 is 23.4 Å². The minimum Gasteiger partial charge on any atom is -0.493 e. The Morgan fingerprint density at radius 1 is 1.19 bits per heavy atom. The van der Waals surface area contributed by atoms with Crippen LogP contribution >= 0.6 is 0 Å². The number of benzene rings is 2. The smallest absolute Gasteiger partial charge is 0.363 e. The quantitative estimate of drug-likeness (QED) is 0.581. The second kappa shape index (κ2) is 7.82. The summed E-state index contributed by atoms with van der Waals surface area (Å²) >= 11 is 0. The Bertz CT molecular complexity index is 889. The second-order valence-corrected chi connectivity index (χ2v) is 5.57. The summed E-state index contributed by atoms with van der Waals surface area (Å²) in [6.45, 7) is 2.56. The van der Waals surface area contributed by atoms with E-state index in [1.54, 1.807) is 43.5 Å². The summed E-state index contributed by atoms with van der Waals surface area (Å²) in [4.78, 5) is 16.2. The van der Waals surface area contributed by atoms with Crippen molar-refractivity contribution in [2.45, 2.75) is 13.3 Å². The minimum atomic E-state index is -0.630. The first-order chi connectivity index (χ1) is 12.6. The van der Waals surface area contributed by atoms with Crippen LogP contribution < -0.4 is 9.47 Å². The molecule has 0 saturated heterocycles. The number of hydrogen-bond acceptors (Lipinski definition) is 5. The molecule has 0 fully saturated rings. The van der Waals surface area contributed by atoms with Crippen LogP contribution in [0.4, 0.5) is 4.39 Å². The van der Waals surface area contributed by atoms with Crippen molar-refractivity contribution in [3.8, 4) is 11.5 Å². The van der Waals surface area contributed by atoms with E-state index in [1.165, 1.54) is 12.1 Å². The normalized spacial score (nSPS) is 15.0. The molecule has 2 aromatic carbocycles. The highest BCUT2D eigenvalue weighted by Gasteiger charge is 2.26. The molecule has 0 bridgehead atoms. The highest BCUT2D eigenvalue weighted by Crippen LogP contribution is 2.30. The maximum absolute atomic E-state index is 13.9. The highest BCUT2D eigenvalue weighted by atomic mass is 19.1. The number of hydrogen-bond donors (Lipinski definition) is 0. The maximum Gasteiger partial charge on any atom is 0.363 e. The fourth-order valence-corrected chi connectivity index (χ4v) is 2.42. The van der Waals surface area contributed by atoms with Gasteiger partial charge in [0.2, 0.25) is 5.90 Å². The van der Waals surface area contributed by atoms with Gasteiger partial charge in [-0.2, -0.15) is 0 Å². The molecule has 0 unspecified atom stereocenters. The number of nitrogens with zero attached hydrogens (tertiary/aromatic N) is 1. The first-order valence-corrected chi connectivity index (χ1v) is 8.20. The zero-order valence-electron chi connectivity index (χ0n) is 14.5. The van der Waals surface area contributed by atoms with Gasteiger partial charge in [-0.05, 0) is 42.3 Å². The van der Waals surface area contributed by atoms with Crippen molar-refractivity contribution in [1.82, 2.24) is 0 Å². The Kier molecular flexibility index (Phi) is 5.31. The molecule has 6 heteroatoms. The molecule has 5 nitrogen and oxygen atoms in total. The van der Waals surface area contributed by atoms with Crippen molar-refractivity contribution in [2.24, 2.45) is 4.99 Å². The van der Waals surface area contributed by atoms with Gasteiger partial charge in [-0.1, -0.05) is 25.1 Å². The summed E-state index contributed by atoms with van der Waals surface area (Å²) in [5.74, 6) is 0.00364. The summed E-state index contributed by atoms with van der Waals surface area (Å²) in [6, 6.07) is 11.3. The lowest BCUT2D eigenvalue weighted by molar-refractivity contribution is -0.129. The van der Waals surface area contributed by atoms with Gasteiger partial charge in [0, 0.05) is 0 Å².